The second-order valence-corrected chi connectivity index (χ2v) is 5.93. The average molecular weight is 337 g/mol. The number of benzene rings is 1. The molecule has 130 valence electrons. The Labute approximate surface area is 148 Å². The minimum Gasteiger partial charge on any atom is -0.489 e. The number of nitrogens with zero attached hydrogens (tertiary/aromatic N) is 3. The molecular weight excluding hydrogens is 314 g/mol. The highest BCUT2D eigenvalue weighted by Crippen LogP contribution is 2.22. The molecule has 1 aromatic carbocycles. The van der Waals surface area contributed by atoms with Gasteiger partial charge in [0.25, 0.3) is 5.91 Å². The summed E-state index contributed by atoms with van der Waals surface area (Å²) in [7, 11) is 0. The molecule has 0 saturated carbocycles. The van der Waals surface area contributed by atoms with Crippen molar-refractivity contribution in [2.75, 3.05) is 37.7 Å². The van der Waals surface area contributed by atoms with Gasteiger partial charge in [-0.3, -0.25) is 9.78 Å². The van der Waals surface area contributed by atoms with Crippen LogP contribution < -0.4 is 9.64 Å². The molecule has 1 aliphatic rings. The van der Waals surface area contributed by atoms with Gasteiger partial charge >= 0.3 is 0 Å². The van der Waals surface area contributed by atoms with Crippen LogP contribution in [-0.2, 0) is 0 Å². The summed E-state index contributed by atoms with van der Waals surface area (Å²) in [6.45, 7) is 7.23. The standard InChI is InChI=1S/C20H23N3O2/c1-2-16-25-19-7-4-3-6-18(19)20(24)23-13-5-12-22(14-15-23)17-8-10-21-11-9-17/h2-4,6-11H,1,5,12-16H2. The van der Waals surface area contributed by atoms with E-state index >= 15 is 0 Å². The third-order valence-electron chi connectivity index (χ3n) is 4.29. The molecule has 0 N–H and O–H groups in total. The molecule has 2 heterocycles. The first-order chi connectivity index (χ1) is 12.3. The first kappa shape index (κ1) is 17.0. The smallest absolute Gasteiger partial charge is 0.257 e. The largest absolute Gasteiger partial charge is 0.489 e. The third kappa shape index (κ3) is 4.18. The van der Waals surface area contributed by atoms with Gasteiger partial charge in [0, 0.05) is 44.3 Å². The Balaban J connectivity index is 1.70. The Morgan fingerprint density at radius 1 is 1.12 bits per heavy atom. The number of hydrogen-bond donors (Lipinski definition) is 0. The van der Waals surface area contributed by atoms with Crippen LogP contribution in [0.15, 0.2) is 61.4 Å². The number of para-hydroxylation sites is 1. The van der Waals surface area contributed by atoms with E-state index in [1.165, 1.54) is 0 Å². The van der Waals surface area contributed by atoms with Crippen LogP contribution in [0.4, 0.5) is 5.69 Å². The van der Waals surface area contributed by atoms with Gasteiger partial charge in [-0.05, 0) is 30.7 Å². The van der Waals surface area contributed by atoms with Crippen LogP contribution in [-0.4, -0.2) is 48.6 Å². The number of anilines is 1. The quantitative estimate of drug-likeness (QED) is 0.787. The van der Waals surface area contributed by atoms with Crippen molar-refractivity contribution < 1.29 is 9.53 Å². The summed E-state index contributed by atoms with van der Waals surface area (Å²) in [5.41, 5.74) is 1.76. The highest BCUT2D eigenvalue weighted by Gasteiger charge is 2.22. The average Bonchev–Trinajstić information content (AvgIpc) is 2.93. The molecule has 5 heteroatoms. The number of rotatable bonds is 5. The van der Waals surface area contributed by atoms with Crippen LogP contribution >= 0.6 is 0 Å². The van der Waals surface area contributed by atoms with Gasteiger partial charge in [0.15, 0.2) is 0 Å². The van der Waals surface area contributed by atoms with Crippen molar-refractivity contribution >= 4 is 11.6 Å². The number of ether oxygens (including phenoxy) is 1. The molecule has 1 amide bonds. The number of carbonyl (C=O) groups excluding carboxylic acids is 1. The van der Waals surface area contributed by atoms with Gasteiger partial charge in [0.05, 0.1) is 5.56 Å². The summed E-state index contributed by atoms with van der Waals surface area (Å²) in [5, 5.41) is 0. The lowest BCUT2D eigenvalue weighted by molar-refractivity contribution is 0.0763. The maximum Gasteiger partial charge on any atom is 0.257 e. The van der Waals surface area contributed by atoms with E-state index in [2.05, 4.69) is 16.5 Å². The Kier molecular flexibility index (Phi) is 5.67. The molecular formula is C20H23N3O2. The molecule has 0 radical (unpaired) electrons. The monoisotopic (exact) mass is 337 g/mol. The van der Waals surface area contributed by atoms with Gasteiger partial charge in [-0.25, -0.2) is 0 Å². The first-order valence-corrected chi connectivity index (χ1v) is 8.56. The van der Waals surface area contributed by atoms with Crippen molar-refractivity contribution in [1.82, 2.24) is 9.88 Å². The fourth-order valence-corrected chi connectivity index (χ4v) is 3.02. The number of amides is 1. The lowest BCUT2D eigenvalue weighted by atomic mass is 10.1. The molecule has 1 fully saturated rings. The van der Waals surface area contributed by atoms with E-state index in [1.807, 2.05) is 41.3 Å². The predicted molar refractivity (Wildman–Crippen MR) is 99.1 cm³/mol. The highest BCUT2D eigenvalue weighted by atomic mass is 16.5. The fourth-order valence-electron chi connectivity index (χ4n) is 3.02. The Morgan fingerprint density at radius 2 is 1.92 bits per heavy atom. The van der Waals surface area contributed by atoms with Gasteiger partial charge < -0.3 is 14.5 Å². The molecule has 0 aliphatic carbocycles. The van der Waals surface area contributed by atoms with E-state index in [1.54, 1.807) is 18.5 Å². The lowest BCUT2D eigenvalue weighted by Crippen LogP contribution is -2.35. The number of aromatic nitrogens is 1. The minimum atomic E-state index is 0.0243. The van der Waals surface area contributed by atoms with E-state index in [0.717, 1.165) is 31.7 Å². The van der Waals surface area contributed by atoms with Crippen LogP contribution in [0.25, 0.3) is 0 Å². The summed E-state index contributed by atoms with van der Waals surface area (Å²) in [4.78, 5) is 21.3. The number of carbonyl (C=O) groups is 1. The van der Waals surface area contributed by atoms with Crippen LogP contribution in [0.3, 0.4) is 0 Å². The van der Waals surface area contributed by atoms with Gasteiger partial charge in [0.1, 0.15) is 12.4 Å². The summed E-state index contributed by atoms with van der Waals surface area (Å²) in [6.07, 6.45) is 6.22. The lowest BCUT2D eigenvalue weighted by Gasteiger charge is -2.24. The zero-order valence-electron chi connectivity index (χ0n) is 14.3. The van der Waals surface area contributed by atoms with Crippen molar-refractivity contribution in [2.45, 2.75) is 6.42 Å². The first-order valence-electron chi connectivity index (χ1n) is 8.56. The topological polar surface area (TPSA) is 45.7 Å². The summed E-state index contributed by atoms with van der Waals surface area (Å²) in [6, 6.07) is 11.4. The summed E-state index contributed by atoms with van der Waals surface area (Å²) in [5.74, 6) is 0.638. The second-order valence-electron chi connectivity index (χ2n) is 5.93. The van der Waals surface area contributed by atoms with Crippen molar-refractivity contribution in [3.8, 4) is 5.75 Å². The van der Waals surface area contributed by atoms with Gasteiger partial charge in [-0.2, -0.15) is 0 Å². The van der Waals surface area contributed by atoms with Crippen molar-refractivity contribution in [3.63, 3.8) is 0 Å². The minimum absolute atomic E-state index is 0.0243. The zero-order valence-corrected chi connectivity index (χ0v) is 14.3. The maximum absolute atomic E-state index is 13.0. The molecule has 1 aliphatic heterocycles. The molecule has 3 rings (SSSR count). The number of hydrogen-bond acceptors (Lipinski definition) is 4. The molecule has 0 bridgehead atoms. The van der Waals surface area contributed by atoms with E-state index in [0.29, 0.717) is 24.5 Å². The Morgan fingerprint density at radius 3 is 2.72 bits per heavy atom. The molecule has 1 saturated heterocycles. The molecule has 0 unspecified atom stereocenters. The normalized spacial score (nSPS) is 14.7. The van der Waals surface area contributed by atoms with Gasteiger partial charge in [-0.15, -0.1) is 0 Å². The zero-order chi connectivity index (χ0) is 17.5. The van der Waals surface area contributed by atoms with Crippen LogP contribution in [0.5, 0.6) is 5.75 Å². The van der Waals surface area contributed by atoms with Crippen LogP contribution in [0.2, 0.25) is 0 Å². The SMILES string of the molecule is C=CCOc1ccccc1C(=O)N1CCCN(c2ccncc2)CC1. The van der Waals surface area contributed by atoms with E-state index in [4.69, 9.17) is 4.74 Å². The highest BCUT2D eigenvalue weighted by molar-refractivity contribution is 5.97. The molecule has 1 aromatic heterocycles. The molecule has 0 spiro atoms. The summed E-state index contributed by atoms with van der Waals surface area (Å²) >= 11 is 0. The maximum atomic E-state index is 13.0. The van der Waals surface area contributed by atoms with Crippen LogP contribution in [0, 0.1) is 0 Å². The molecule has 0 atom stereocenters. The number of pyridine rings is 1. The molecule has 25 heavy (non-hydrogen) atoms. The fraction of sp³-hybridized carbons (Fsp3) is 0.300. The predicted octanol–water partition coefficient (Wildman–Crippen LogP) is 3.00. The third-order valence-corrected chi connectivity index (χ3v) is 4.29. The Bertz CT molecular complexity index is 718. The van der Waals surface area contributed by atoms with Crippen molar-refractivity contribution in [3.05, 3.63) is 67.0 Å². The van der Waals surface area contributed by atoms with E-state index in [-0.39, 0.29) is 5.91 Å². The molecule has 2 aromatic rings. The van der Waals surface area contributed by atoms with Gasteiger partial charge in [0.2, 0.25) is 0 Å². The van der Waals surface area contributed by atoms with Crippen molar-refractivity contribution in [1.29, 1.82) is 0 Å². The van der Waals surface area contributed by atoms with Gasteiger partial charge in [-0.1, -0.05) is 24.8 Å². The molecule has 5 nitrogen and oxygen atoms in total. The second kappa shape index (κ2) is 8.33. The van der Waals surface area contributed by atoms with Crippen molar-refractivity contribution in [2.24, 2.45) is 0 Å². The summed E-state index contributed by atoms with van der Waals surface area (Å²) < 4.78 is 5.64. The van der Waals surface area contributed by atoms with Crippen LogP contribution in [0.1, 0.15) is 16.8 Å². The van der Waals surface area contributed by atoms with E-state index in [9.17, 15) is 4.79 Å². The van der Waals surface area contributed by atoms with E-state index < -0.39 is 0 Å². The Hall–Kier alpha value is -2.82.